The molecule has 0 fully saturated rings. The van der Waals surface area contributed by atoms with Gasteiger partial charge in [0.25, 0.3) is 5.91 Å². The minimum Gasteiger partial charge on any atom is -0.504 e. The maximum absolute atomic E-state index is 11.8. The van der Waals surface area contributed by atoms with Gasteiger partial charge in [-0.3, -0.25) is 4.79 Å². The predicted molar refractivity (Wildman–Crippen MR) is 91.9 cm³/mol. The van der Waals surface area contributed by atoms with Crippen molar-refractivity contribution in [3.05, 3.63) is 52.0 Å². The number of benzene rings is 2. The Hall–Kier alpha value is -2.73. The molecule has 0 bridgehead atoms. The monoisotopic (exact) mass is 348 g/mol. The van der Waals surface area contributed by atoms with Crippen molar-refractivity contribution in [3.63, 3.8) is 0 Å². The Morgan fingerprint density at radius 1 is 1.29 bits per heavy atom. The average Bonchev–Trinajstić information content (AvgIpc) is 2.52. The zero-order valence-electron chi connectivity index (χ0n) is 13.2. The molecule has 0 unspecified atom stereocenters. The number of hydrogen-bond donors (Lipinski definition) is 3. The van der Waals surface area contributed by atoms with Crippen LogP contribution >= 0.6 is 11.6 Å². The zero-order chi connectivity index (χ0) is 17.7. The highest BCUT2D eigenvalue weighted by Crippen LogP contribution is 2.33. The molecular weight excluding hydrogens is 332 g/mol. The number of amides is 1. The third-order valence-corrected chi connectivity index (χ3v) is 3.51. The van der Waals surface area contributed by atoms with E-state index in [1.165, 1.54) is 18.3 Å². The molecule has 0 saturated heterocycles. The van der Waals surface area contributed by atoms with E-state index in [9.17, 15) is 15.0 Å². The lowest BCUT2D eigenvalue weighted by atomic mass is 10.1. The first-order valence-corrected chi connectivity index (χ1v) is 7.48. The van der Waals surface area contributed by atoms with E-state index in [-0.39, 0.29) is 17.4 Å². The van der Waals surface area contributed by atoms with Gasteiger partial charge in [-0.1, -0.05) is 29.8 Å². The zero-order valence-corrected chi connectivity index (χ0v) is 14.0. The molecular formula is C17H17ClN2O4. The number of nitrogens with zero attached hydrogens (tertiary/aromatic N) is 1. The molecule has 0 heterocycles. The SMILES string of the molecule is Cc1cccc(C)c1OCC(=O)N/N=C/c1cc(O)c(O)c(Cl)c1. The summed E-state index contributed by atoms with van der Waals surface area (Å²) in [6.07, 6.45) is 1.29. The van der Waals surface area contributed by atoms with Crippen molar-refractivity contribution in [3.8, 4) is 17.2 Å². The number of halogens is 1. The van der Waals surface area contributed by atoms with Gasteiger partial charge in [-0.2, -0.15) is 5.10 Å². The lowest BCUT2D eigenvalue weighted by molar-refractivity contribution is -0.123. The van der Waals surface area contributed by atoms with Crippen LogP contribution in [0.3, 0.4) is 0 Å². The normalized spacial score (nSPS) is 10.8. The number of carbonyl (C=O) groups is 1. The molecule has 2 aromatic rings. The van der Waals surface area contributed by atoms with Crippen molar-refractivity contribution >= 4 is 23.7 Å². The molecule has 0 aliphatic heterocycles. The minimum atomic E-state index is -0.428. The Balaban J connectivity index is 1.91. The maximum Gasteiger partial charge on any atom is 0.277 e. The molecule has 0 aliphatic carbocycles. The number of ether oxygens (including phenoxy) is 1. The van der Waals surface area contributed by atoms with Crippen LogP contribution in [0, 0.1) is 13.8 Å². The van der Waals surface area contributed by atoms with Crippen LogP contribution in [-0.4, -0.2) is 28.9 Å². The van der Waals surface area contributed by atoms with Gasteiger partial charge in [0.05, 0.1) is 11.2 Å². The van der Waals surface area contributed by atoms with Gasteiger partial charge < -0.3 is 14.9 Å². The summed E-state index contributed by atoms with van der Waals surface area (Å²) in [4.78, 5) is 11.8. The standard InChI is InChI=1S/C17H17ClN2O4/c1-10-4-3-5-11(2)17(10)24-9-15(22)20-19-8-12-6-13(18)16(23)14(21)7-12/h3-8,21,23H,9H2,1-2H3,(H,20,22)/b19-8+. The van der Waals surface area contributed by atoms with Gasteiger partial charge in [-0.15, -0.1) is 0 Å². The van der Waals surface area contributed by atoms with Gasteiger partial charge in [0.2, 0.25) is 0 Å². The van der Waals surface area contributed by atoms with Gasteiger partial charge in [0, 0.05) is 0 Å². The molecule has 7 heteroatoms. The summed E-state index contributed by atoms with van der Waals surface area (Å²) in [7, 11) is 0. The van der Waals surface area contributed by atoms with Gasteiger partial charge in [-0.25, -0.2) is 5.43 Å². The molecule has 126 valence electrons. The van der Waals surface area contributed by atoms with Gasteiger partial charge in [0.15, 0.2) is 18.1 Å². The lowest BCUT2D eigenvalue weighted by Gasteiger charge is -2.10. The number of aromatic hydroxyl groups is 2. The topological polar surface area (TPSA) is 91.2 Å². The molecule has 0 atom stereocenters. The largest absolute Gasteiger partial charge is 0.504 e. The number of para-hydroxylation sites is 1. The fourth-order valence-corrected chi connectivity index (χ4v) is 2.28. The van der Waals surface area contributed by atoms with Crippen LogP contribution in [0.2, 0.25) is 5.02 Å². The summed E-state index contributed by atoms with van der Waals surface area (Å²) in [6, 6.07) is 8.39. The number of aryl methyl sites for hydroxylation is 2. The lowest BCUT2D eigenvalue weighted by Crippen LogP contribution is -2.25. The fourth-order valence-electron chi connectivity index (χ4n) is 2.06. The number of hydrazone groups is 1. The smallest absolute Gasteiger partial charge is 0.277 e. The number of phenolic OH excluding ortho intramolecular Hbond substituents is 2. The molecule has 3 N–H and O–H groups in total. The quantitative estimate of drug-likeness (QED) is 0.440. The Labute approximate surface area is 144 Å². The van der Waals surface area contributed by atoms with E-state index in [2.05, 4.69) is 10.5 Å². The fraction of sp³-hybridized carbons (Fsp3) is 0.176. The number of hydrogen-bond acceptors (Lipinski definition) is 5. The van der Waals surface area contributed by atoms with Crippen LogP contribution in [-0.2, 0) is 4.79 Å². The van der Waals surface area contributed by atoms with Crippen LogP contribution in [0.4, 0.5) is 0 Å². The number of carbonyl (C=O) groups excluding carboxylic acids is 1. The number of nitrogens with one attached hydrogen (secondary N) is 1. The van der Waals surface area contributed by atoms with Crippen LogP contribution in [0.1, 0.15) is 16.7 Å². The van der Waals surface area contributed by atoms with Crippen molar-refractivity contribution in [2.45, 2.75) is 13.8 Å². The Kier molecular flexibility index (Phi) is 5.65. The van der Waals surface area contributed by atoms with Gasteiger partial charge in [-0.05, 0) is 42.7 Å². The first-order valence-electron chi connectivity index (χ1n) is 7.11. The minimum absolute atomic E-state index is 0.0128. The van der Waals surface area contributed by atoms with E-state index >= 15 is 0 Å². The molecule has 0 saturated carbocycles. The maximum atomic E-state index is 11.8. The highest BCUT2D eigenvalue weighted by molar-refractivity contribution is 6.32. The number of rotatable bonds is 5. The second kappa shape index (κ2) is 7.70. The van der Waals surface area contributed by atoms with E-state index in [0.29, 0.717) is 11.3 Å². The second-order valence-corrected chi connectivity index (χ2v) is 5.58. The van der Waals surface area contributed by atoms with E-state index in [1.807, 2.05) is 32.0 Å². The molecule has 0 aliphatic rings. The first kappa shape index (κ1) is 17.6. The highest BCUT2D eigenvalue weighted by atomic mass is 35.5. The van der Waals surface area contributed by atoms with Crippen molar-refractivity contribution < 1.29 is 19.7 Å². The molecule has 0 aromatic heterocycles. The Morgan fingerprint density at radius 2 is 1.96 bits per heavy atom. The summed E-state index contributed by atoms with van der Waals surface area (Å²) >= 11 is 5.73. The van der Waals surface area contributed by atoms with Crippen LogP contribution in [0.25, 0.3) is 0 Å². The van der Waals surface area contributed by atoms with E-state index in [4.69, 9.17) is 16.3 Å². The number of phenols is 2. The summed E-state index contributed by atoms with van der Waals surface area (Å²) in [5.41, 5.74) is 4.62. The summed E-state index contributed by atoms with van der Waals surface area (Å²) in [5.74, 6) is -0.525. The van der Waals surface area contributed by atoms with E-state index in [0.717, 1.165) is 11.1 Å². The summed E-state index contributed by atoms with van der Waals surface area (Å²) in [5, 5.41) is 22.5. The first-order chi connectivity index (χ1) is 11.4. The van der Waals surface area contributed by atoms with Crippen molar-refractivity contribution in [2.24, 2.45) is 5.10 Å². The molecule has 2 rings (SSSR count). The van der Waals surface area contributed by atoms with Crippen molar-refractivity contribution in [1.82, 2.24) is 5.43 Å². The predicted octanol–water partition coefficient (Wildman–Crippen LogP) is 2.90. The molecule has 1 amide bonds. The van der Waals surface area contributed by atoms with Crippen molar-refractivity contribution in [1.29, 1.82) is 0 Å². The van der Waals surface area contributed by atoms with Crippen molar-refractivity contribution in [2.75, 3.05) is 6.61 Å². The summed E-state index contributed by atoms with van der Waals surface area (Å²) in [6.45, 7) is 3.63. The van der Waals surface area contributed by atoms with Crippen LogP contribution < -0.4 is 10.2 Å². The van der Waals surface area contributed by atoms with Gasteiger partial charge >= 0.3 is 0 Å². The summed E-state index contributed by atoms with van der Waals surface area (Å²) < 4.78 is 5.51. The van der Waals surface area contributed by atoms with Crippen LogP contribution in [0.15, 0.2) is 35.4 Å². The van der Waals surface area contributed by atoms with Crippen LogP contribution in [0.5, 0.6) is 17.2 Å². The molecule has 0 spiro atoms. The molecule has 0 radical (unpaired) electrons. The molecule has 2 aromatic carbocycles. The third-order valence-electron chi connectivity index (χ3n) is 3.22. The molecule has 24 heavy (non-hydrogen) atoms. The Bertz CT molecular complexity index is 747. The van der Waals surface area contributed by atoms with Gasteiger partial charge in [0.1, 0.15) is 5.75 Å². The highest BCUT2D eigenvalue weighted by Gasteiger charge is 2.08. The molecule has 6 nitrogen and oxygen atoms in total. The van der Waals surface area contributed by atoms with E-state index in [1.54, 1.807) is 0 Å². The second-order valence-electron chi connectivity index (χ2n) is 5.17. The van der Waals surface area contributed by atoms with E-state index < -0.39 is 11.7 Å². The third kappa shape index (κ3) is 4.39. The average molecular weight is 349 g/mol. The Morgan fingerprint density at radius 3 is 2.58 bits per heavy atom.